The number of benzene rings is 2. The minimum atomic E-state index is -0.571. The summed E-state index contributed by atoms with van der Waals surface area (Å²) in [7, 11) is 0. The summed E-state index contributed by atoms with van der Waals surface area (Å²) in [6, 6.07) is 14.8. The lowest BCUT2D eigenvalue weighted by Crippen LogP contribution is -2.33. The van der Waals surface area contributed by atoms with E-state index in [9.17, 15) is 9.59 Å². The molecule has 6 heteroatoms. The molecule has 2 N–H and O–H groups in total. The number of thioether (sulfide) groups is 1. The molecule has 25 heavy (non-hydrogen) atoms. The van der Waals surface area contributed by atoms with Gasteiger partial charge in [-0.1, -0.05) is 42.1 Å². The highest BCUT2D eigenvalue weighted by Crippen LogP contribution is 2.33. The Hall–Kier alpha value is -2.60. The minimum absolute atomic E-state index is 0.0442. The van der Waals surface area contributed by atoms with Gasteiger partial charge in [-0.15, -0.1) is 0 Å². The molecule has 0 radical (unpaired) electrons. The van der Waals surface area contributed by atoms with Gasteiger partial charge in [0.05, 0.1) is 5.69 Å². The van der Waals surface area contributed by atoms with Crippen LogP contribution in [0.5, 0.6) is 0 Å². The van der Waals surface area contributed by atoms with Crippen LogP contribution in [0.15, 0.2) is 48.5 Å². The number of para-hydroxylation sites is 1. The molecule has 1 atom stereocenters. The third-order valence-corrected chi connectivity index (χ3v) is 5.28. The van der Waals surface area contributed by atoms with Crippen molar-refractivity contribution < 1.29 is 9.59 Å². The fourth-order valence-electron chi connectivity index (χ4n) is 2.69. The van der Waals surface area contributed by atoms with E-state index in [4.69, 9.17) is 5.41 Å². The van der Waals surface area contributed by atoms with Crippen LogP contribution in [0, 0.1) is 19.3 Å². The van der Waals surface area contributed by atoms with Crippen molar-refractivity contribution in [3.8, 4) is 0 Å². The van der Waals surface area contributed by atoms with Crippen molar-refractivity contribution in [1.29, 1.82) is 5.41 Å². The Kier molecular flexibility index (Phi) is 4.90. The van der Waals surface area contributed by atoms with Gasteiger partial charge >= 0.3 is 0 Å². The van der Waals surface area contributed by atoms with Crippen molar-refractivity contribution in [3.05, 3.63) is 59.7 Å². The Morgan fingerprint density at radius 2 is 1.88 bits per heavy atom. The monoisotopic (exact) mass is 353 g/mol. The van der Waals surface area contributed by atoms with E-state index in [1.165, 1.54) is 4.90 Å². The van der Waals surface area contributed by atoms with Crippen LogP contribution in [0.1, 0.15) is 17.5 Å². The second kappa shape index (κ2) is 7.11. The number of nitrogens with zero attached hydrogens (tertiary/aromatic N) is 1. The van der Waals surface area contributed by atoms with Crippen molar-refractivity contribution in [2.24, 2.45) is 0 Å². The molecule has 1 fully saturated rings. The molecule has 1 unspecified atom stereocenters. The quantitative estimate of drug-likeness (QED) is 0.880. The number of amides is 2. The molecule has 0 spiro atoms. The fraction of sp³-hybridized carbons (Fsp3) is 0.211. The number of carbonyl (C=O) groups is 2. The second-order valence-electron chi connectivity index (χ2n) is 5.92. The highest BCUT2D eigenvalue weighted by atomic mass is 32.2. The minimum Gasteiger partial charge on any atom is -0.326 e. The molecule has 0 aliphatic carbocycles. The topological polar surface area (TPSA) is 73.3 Å². The van der Waals surface area contributed by atoms with Gasteiger partial charge in [-0.2, -0.15) is 0 Å². The van der Waals surface area contributed by atoms with Crippen LogP contribution in [-0.4, -0.2) is 22.2 Å². The molecule has 2 aromatic rings. The highest BCUT2D eigenvalue weighted by Gasteiger charge is 2.39. The van der Waals surface area contributed by atoms with Gasteiger partial charge < -0.3 is 5.32 Å². The first-order chi connectivity index (χ1) is 12.0. The molecule has 5 nitrogen and oxygen atoms in total. The number of anilines is 2. The summed E-state index contributed by atoms with van der Waals surface area (Å²) in [5, 5.41) is 10.5. The first kappa shape index (κ1) is 17.2. The molecular formula is C19H19N3O2S. The van der Waals surface area contributed by atoms with Gasteiger partial charge in [0, 0.05) is 12.1 Å². The molecule has 0 saturated carbocycles. The van der Waals surface area contributed by atoms with E-state index in [1.54, 1.807) is 12.1 Å². The number of amidine groups is 1. The molecule has 128 valence electrons. The normalized spacial score (nSPS) is 17.0. The van der Waals surface area contributed by atoms with Gasteiger partial charge in [0.15, 0.2) is 5.17 Å². The number of carbonyl (C=O) groups excluding carboxylic acids is 2. The summed E-state index contributed by atoms with van der Waals surface area (Å²) in [5.41, 5.74) is 3.53. The molecular weight excluding hydrogens is 334 g/mol. The van der Waals surface area contributed by atoms with E-state index in [0.29, 0.717) is 5.69 Å². The maximum Gasteiger partial charge on any atom is 0.247 e. The number of rotatable bonds is 4. The number of hydrogen-bond acceptors (Lipinski definition) is 4. The van der Waals surface area contributed by atoms with Crippen LogP contribution >= 0.6 is 11.8 Å². The molecule has 3 rings (SSSR count). The Morgan fingerprint density at radius 1 is 1.16 bits per heavy atom. The fourth-order valence-corrected chi connectivity index (χ4v) is 3.70. The lowest BCUT2D eigenvalue weighted by molar-refractivity contribution is -0.121. The van der Waals surface area contributed by atoms with E-state index < -0.39 is 5.25 Å². The summed E-state index contributed by atoms with van der Waals surface area (Å²) in [6.45, 7) is 3.94. The average molecular weight is 353 g/mol. The number of nitrogens with one attached hydrogen (secondary N) is 2. The lowest BCUT2D eigenvalue weighted by Gasteiger charge is -2.15. The standard InChI is InChI=1S/C19H19N3O2S/c1-12-7-6-10-15(13(12)2)21-17(23)11-16-18(24)22(19(20)25-16)14-8-4-3-5-9-14/h3-10,16,20H,11H2,1-2H3,(H,21,23). The van der Waals surface area contributed by atoms with Crippen molar-refractivity contribution in [3.63, 3.8) is 0 Å². The van der Waals surface area contributed by atoms with Gasteiger partial charge in [-0.25, -0.2) is 0 Å². The predicted octanol–water partition coefficient (Wildman–Crippen LogP) is 3.72. The molecule has 1 aliphatic heterocycles. The van der Waals surface area contributed by atoms with Crippen LogP contribution in [0.3, 0.4) is 0 Å². The molecule has 0 bridgehead atoms. The van der Waals surface area contributed by atoms with Gasteiger partial charge in [0.2, 0.25) is 11.8 Å². The first-order valence-electron chi connectivity index (χ1n) is 7.97. The first-order valence-corrected chi connectivity index (χ1v) is 8.85. The summed E-state index contributed by atoms with van der Waals surface area (Å²) in [6.07, 6.45) is 0.0442. The lowest BCUT2D eigenvalue weighted by atomic mass is 10.1. The van der Waals surface area contributed by atoms with Gasteiger partial charge in [0.1, 0.15) is 5.25 Å². The predicted molar refractivity (Wildman–Crippen MR) is 102 cm³/mol. The van der Waals surface area contributed by atoms with Gasteiger partial charge in [-0.05, 0) is 43.2 Å². The van der Waals surface area contributed by atoms with Crippen LogP contribution in [0.2, 0.25) is 0 Å². The van der Waals surface area contributed by atoms with Gasteiger partial charge in [-0.3, -0.25) is 19.9 Å². The Bertz CT molecular complexity index is 836. The summed E-state index contributed by atoms with van der Waals surface area (Å²) in [5.74, 6) is -0.445. The van der Waals surface area contributed by atoms with Crippen molar-refractivity contribution in [1.82, 2.24) is 0 Å². The van der Waals surface area contributed by atoms with Crippen molar-refractivity contribution in [2.45, 2.75) is 25.5 Å². The van der Waals surface area contributed by atoms with E-state index in [0.717, 1.165) is 28.6 Å². The summed E-state index contributed by atoms with van der Waals surface area (Å²) < 4.78 is 0. The molecule has 1 saturated heterocycles. The summed E-state index contributed by atoms with van der Waals surface area (Å²) in [4.78, 5) is 26.3. The van der Waals surface area contributed by atoms with Gasteiger partial charge in [0.25, 0.3) is 0 Å². The second-order valence-corrected chi connectivity index (χ2v) is 7.11. The average Bonchev–Trinajstić information content (AvgIpc) is 2.86. The smallest absolute Gasteiger partial charge is 0.247 e. The molecule has 2 amide bonds. The zero-order valence-corrected chi connectivity index (χ0v) is 14.9. The molecule has 1 aliphatic rings. The zero-order chi connectivity index (χ0) is 18.0. The van der Waals surface area contributed by atoms with E-state index in [-0.39, 0.29) is 23.4 Å². The summed E-state index contributed by atoms with van der Waals surface area (Å²) >= 11 is 1.12. The van der Waals surface area contributed by atoms with E-state index in [2.05, 4.69) is 5.32 Å². The van der Waals surface area contributed by atoms with E-state index >= 15 is 0 Å². The molecule has 1 heterocycles. The third kappa shape index (κ3) is 3.58. The van der Waals surface area contributed by atoms with Crippen LogP contribution in [0.25, 0.3) is 0 Å². The van der Waals surface area contributed by atoms with Crippen LogP contribution < -0.4 is 10.2 Å². The maximum atomic E-state index is 12.6. The Morgan fingerprint density at radius 3 is 2.60 bits per heavy atom. The highest BCUT2D eigenvalue weighted by molar-refractivity contribution is 8.16. The zero-order valence-electron chi connectivity index (χ0n) is 14.1. The van der Waals surface area contributed by atoms with Crippen LogP contribution in [0.4, 0.5) is 11.4 Å². The largest absolute Gasteiger partial charge is 0.326 e. The van der Waals surface area contributed by atoms with Crippen molar-refractivity contribution in [2.75, 3.05) is 10.2 Å². The Balaban J connectivity index is 1.69. The van der Waals surface area contributed by atoms with E-state index in [1.807, 2.05) is 50.2 Å². The maximum absolute atomic E-state index is 12.6. The Labute approximate surface area is 150 Å². The molecule has 2 aromatic carbocycles. The van der Waals surface area contributed by atoms with Crippen LogP contribution in [-0.2, 0) is 9.59 Å². The third-order valence-electron chi connectivity index (χ3n) is 4.22. The molecule has 0 aromatic heterocycles. The SMILES string of the molecule is Cc1cccc(NC(=O)CC2SC(=N)N(c3ccccc3)C2=O)c1C. The number of hydrogen-bond donors (Lipinski definition) is 2. The van der Waals surface area contributed by atoms with Crippen molar-refractivity contribution >= 4 is 40.1 Å². The number of aryl methyl sites for hydroxylation is 1.